The smallest absolute Gasteiger partial charge is 0.267 e. The van der Waals surface area contributed by atoms with Crippen LogP contribution in [0.5, 0.6) is 0 Å². The van der Waals surface area contributed by atoms with Crippen molar-refractivity contribution in [3.63, 3.8) is 0 Å². The zero-order valence-electron chi connectivity index (χ0n) is 13.2. The second-order valence-electron chi connectivity index (χ2n) is 6.71. The van der Waals surface area contributed by atoms with Gasteiger partial charge in [-0.3, -0.25) is 14.5 Å². The Balaban J connectivity index is 1.39. The van der Waals surface area contributed by atoms with Gasteiger partial charge >= 0.3 is 0 Å². The second kappa shape index (κ2) is 6.28. The molecule has 4 rings (SSSR count). The van der Waals surface area contributed by atoms with Gasteiger partial charge in [0.1, 0.15) is 0 Å². The molecule has 4 heterocycles. The number of likely N-dealkylation sites (tertiary alicyclic amines) is 1. The molecule has 2 saturated heterocycles. The summed E-state index contributed by atoms with van der Waals surface area (Å²) in [6, 6.07) is 1.80. The number of aromatic nitrogens is 2. The third-order valence-corrected chi connectivity index (χ3v) is 6.03. The van der Waals surface area contributed by atoms with Crippen molar-refractivity contribution >= 4 is 17.7 Å². The largest absolute Gasteiger partial charge is 0.355 e. The fourth-order valence-electron chi connectivity index (χ4n) is 3.71. The molecule has 0 aromatic carbocycles. The fraction of sp³-hybridized carbons (Fsp3) is 0.688. The summed E-state index contributed by atoms with van der Waals surface area (Å²) in [5.41, 5.74) is 2.21. The number of fused-ring (bicyclic) bond motifs is 1. The maximum Gasteiger partial charge on any atom is 0.267 e. The van der Waals surface area contributed by atoms with Crippen molar-refractivity contribution in [3.8, 4) is 0 Å². The van der Waals surface area contributed by atoms with Crippen LogP contribution in [-0.2, 0) is 23.5 Å². The number of nitrogens with zero attached hydrogens (tertiary/aromatic N) is 3. The van der Waals surface area contributed by atoms with Crippen molar-refractivity contribution < 1.29 is 4.79 Å². The lowest BCUT2D eigenvalue weighted by Crippen LogP contribution is -2.60. The number of carbonyl (C=O) groups is 1. The van der Waals surface area contributed by atoms with Crippen molar-refractivity contribution in [2.75, 3.05) is 25.4 Å². The highest BCUT2D eigenvalue weighted by molar-refractivity contribution is 7.98. The fourth-order valence-corrected chi connectivity index (χ4v) is 4.66. The molecule has 6 nitrogen and oxygen atoms in total. The number of hydrogen-bond donors (Lipinski definition) is 1. The normalized spacial score (nSPS) is 25.6. The van der Waals surface area contributed by atoms with Gasteiger partial charge in [0.25, 0.3) is 5.56 Å². The van der Waals surface area contributed by atoms with Gasteiger partial charge in [0.05, 0.1) is 18.3 Å². The summed E-state index contributed by atoms with van der Waals surface area (Å²) in [5.74, 6) is 2.58. The topological polar surface area (TPSA) is 67.2 Å². The predicted octanol–water partition coefficient (Wildman–Crippen LogP) is 0.243. The van der Waals surface area contributed by atoms with Crippen molar-refractivity contribution in [3.05, 3.63) is 27.7 Å². The first-order valence-corrected chi connectivity index (χ1v) is 9.55. The highest BCUT2D eigenvalue weighted by Gasteiger charge is 2.37. The van der Waals surface area contributed by atoms with E-state index in [4.69, 9.17) is 0 Å². The highest BCUT2D eigenvalue weighted by Crippen LogP contribution is 2.24. The molecular formula is C16H22N4O2S. The monoisotopic (exact) mass is 334 g/mol. The molecule has 3 aliphatic heterocycles. The first kappa shape index (κ1) is 15.2. The van der Waals surface area contributed by atoms with Crippen LogP contribution in [0.25, 0.3) is 0 Å². The minimum absolute atomic E-state index is 0.0140. The summed E-state index contributed by atoms with van der Waals surface area (Å²) in [6.45, 7) is 3.25. The van der Waals surface area contributed by atoms with Crippen LogP contribution in [0.2, 0.25) is 0 Å². The van der Waals surface area contributed by atoms with Crippen LogP contribution in [0.4, 0.5) is 0 Å². The number of nitrogens with one attached hydrogen (secondary N) is 1. The standard InChI is InChI=1S/C16H22N4O2S/c21-15-6-12-10-23-5-3-13(12)18-20(15)9-11-7-19(8-11)14-2-1-4-17-16(14)22/h6,11,14H,1-5,7-10H2,(H,17,22). The van der Waals surface area contributed by atoms with Crippen LogP contribution in [0.15, 0.2) is 10.9 Å². The Morgan fingerprint density at radius 2 is 2.22 bits per heavy atom. The average Bonchev–Trinajstić information content (AvgIpc) is 2.52. The maximum absolute atomic E-state index is 12.2. The van der Waals surface area contributed by atoms with Crippen molar-refractivity contribution in [2.24, 2.45) is 5.92 Å². The van der Waals surface area contributed by atoms with E-state index in [9.17, 15) is 9.59 Å². The van der Waals surface area contributed by atoms with Gasteiger partial charge in [-0.2, -0.15) is 16.9 Å². The summed E-state index contributed by atoms with van der Waals surface area (Å²) < 4.78 is 1.64. The average molecular weight is 334 g/mol. The molecule has 0 bridgehead atoms. The number of piperidine rings is 1. The number of amides is 1. The minimum atomic E-state index is 0.0140. The van der Waals surface area contributed by atoms with E-state index in [1.807, 2.05) is 11.8 Å². The molecule has 0 saturated carbocycles. The molecule has 3 aliphatic rings. The van der Waals surface area contributed by atoms with E-state index in [-0.39, 0.29) is 17.5 Å². The van der Waals surface area contributed by atoms with Crippen LogP contribution < -0.4 is 10.9 Å². The van der Waals surface area contributed by atoms with E-state index < -0.39 is 0 Å². The first-order valence-electron chi connectivity index (χ1n) is 8.40. The second-order valence-corrected chi connectivity index (χ2v) is 7.81. The van der Waals surface area contributed by atoms with Gasteiger partial charge in [0.2, 0.25) is 5.91 Å². The summed E-state index contributed by atoms with van der Waals surface area (Å²) in [7, 11) is 0. The van der Waals surface area contributed by atoms with Crippen molar-refractivity contribution in [1.29, 1.82) is 0 Å². The number of thioether (sulfide) groups is 1. The molecular weight excluding hydrogens is 312 g/mol. The number of aryl methyl sites for hydroxylation is 1. The van der Waals surface area contributed by atoms with Gasteiger partial charge in [0.15, 0.2) is 0 Å². The third kappa shape index (κ3) is 3.04. The van der Waals surface area contributed by atoms with Gasteiger partial charge in [-0.25, -0.2) is 4.68 Å². The van der Waals surface area contributed by atoms with E-state index in [1.54, 1.807) is 10.7 Å². The van der Waals surface area contributed by atoms with E-state index in [0.717, 1.165) is 61.7 Å². The number of carbonyl (C=O) groups excluding carboxylic acids is 1. The van der Waals surface area contributed by atoms with E-state index in [2.05, 4.69) is 15.3 Å². The molecule has 2 fully saturated rings. The van der Waals surface area contributed by atoms with Gasteiger partial charge in [-0.1, -0.05) is 0 Å². The third-order valence-electron chi connectivity index (χ3n) is 5.02. The zero-order valence-corrected chi connectivity index (χ0v) is 14.0. The molecule has 1 aromatic heterocycles. The molecule has 1 unspecified atom stereocenters. The van der Waals surface area contributed by atoms with E-state index in [1.165, 1.54) is 0 Å². The Morgan fingerprint density at radius 3 is 3.04 bits per heavy atom. The molecule has 1 aromatic rings. The molecule has 0 aliphatic carbocycles. The van der Waals surface area contributed by atoms with Crippen molar-refractivity contribution in [1.82, 2.24) is 20.0 Å². The summed E-state index contributed by atoms with van der Waals surface area (Å²) in [6.07, 6.45) is 2.97. The Morgan fingerprint density at radius 1 is 1.35 bits per heavy atom. The maximum atomic E-state index is 12.2. The lowest BCUT2D eigenvalue weighted by molar-refractivity contribution is -0.131. The van der Waals surface area contributed by atoms with Gasteiger partial charge in [-0.15, -0.1) is 0 Å². The van der Waals surface area contributed by atoms with Gasteiger partial charge in [-0.05, 0) is 24.2 Å². The highest BCUT2D eigenvalue weighted by atomic mass is 32.2. The molecule has 124 valence electrons. The summed E-state index contributed by atoms with van der Waals surface area (Å²) in [5, 5.41) is 7.52. The van der Waals surface area contributed by atoms with Crippen LogP contribution in [-0.4, -0.2) is 52.0 Å². The lowest BCUT2D eigenvalue weighted by atomic mass is 9.94. The van der Waals surface area contributed by atoms with Crippen molar-refractivity contribution in [2.45, 2.75) is 37.6 Å². The quantitative estimate of drug-likeness (QED) is 0.858. The van der Waals surface area contributed by atoms with Crippen LogP contribution in [0, 0.1) is 5.92 Å². The molecule has 1 N–H and O–H groups in total. The molecule has 23 heavy (non-hydrogen) atoms. The van der Waals surface area contributed by atoms with Crippen LogP contribution in [0.1, 0.15) is 24.1 Å². The lowest BCUT2D eigenvalue weighted by Gasteiger charge is -2.44. The van der Waals surface area contributed by atoms with Crippen LogP contribution in [0.3, 0.4) is 0 Å². The number of rotatable bonds is 3. The Labute approximate surface area is 139 Å². The van der Waals surface area contributed by atoms with Gasteiger partial charge in [0, 0.05) is 43.8 Å². The zero-order chi connectivity index (χ0) is 15.8. The molecule has 0 spiro atoms. The summed E-state index contributed by atoms with van der Waals surface area (Å²) in [4.78, 5) is 26.3. The van der Waals surface area contributed by atoms with E-state index >= 15 is 0 Å². The Bertz CT molecular complexity index is 669. The van der Waals surface area contributed by atoms with Gasteiger partial charge < -0.3 is 5.32 Å². The number of hydrogen-bond acceptors (Lipinski definition) is 5. The molecule has 7 heteroatoms. The SMILES string of the molecule is O=C1NCCCC1N1CC(Cn2nc3c(cc2=O)CSCC3)C1. The van der Waals surface area contributed by atoms with Crippen LogP contribution >= 0.6 is 11.8 Å². The molecule has 1 atom stereocenters. The Hall–Kier alpha value is -1.34. The molecule has 0 radical (unpaired) electrons. The summed E-state index contributed by atoms with van der Waals surface area (Å²) >= 11 is 1.87. The van der Waals surface area contributed by atoms with E-state index in [0.29, 0.717) is 12.5 Å². The predicted molar refractivity (Wildman–Crippen MR) is 89.5 cm³/mol. The minimum Gasteiger partial charge on any atom is -0.355 e. The molecule has 1 amide bonds. The first-order chi connectivity index (χ1) is 11.2. The Kier molecular flexibility index (Phi) is 4.15.